The second-order valence-corrected chi connectivity index (χ2v) is 6.72. The second-order valence-electron chi connectivity index (χ2n) is 5.49. The number of thioether (sulfide) groups is 1. The predicted octanol–water partition coefficient (Wildman–Crippen LogP) is 4.25. The summed E-state index contributed by atoms with van der Waals surface area (Å²) in [6, 6.07) is 1.70. The third kappa shape index (κ3) is 5.00. The molecule has 3 heteroatoms. The molecule has 17 heavy (non-hydrogen) atoms. The van der Waals surface area contributed by atoms with Gasteiger partial charge in [-0.2, -0.15) is 11.8 Å². The summed E-state index contributed by atoms with van der Waals surface area (Å²) in [6.07, 6.45) is 11.5. The molecule has 0 aromatic heterocycles. The SMILES string of the molecule is CCCCC1CCCC1NC1CCSCC1.Cl. The highest BCUT2D eigenvalue weighted by atomic mass is 35.5. The molecule has 0 aromatic carbocycles. The van der Waals surface area contributed by atoms with E-state index in [9.17, 15) is 0 Å². The quantitative estimate of drug-likeness (QED) is 0.806. The van der Waals surface area contributed by atoms with E-state index in [2.05, 4.69) is 24.0 Å². The van der Waals surface area contributed by atoms with E-state index in [1.807, 2.05) is 0 Å². The second kappa shape index (κ2) is 8.66. The van der Waals surface area contributed by atoms with Crippen molar-refractivity contribution in [3.8, 4) is 0 Å². The molecule has 0 amide bonds. The Morgan fingerprint density at radius 2 is 1.88 bits per heavy atom. The lowest BCUT2D eigenvalue weighted by atomic mass is 9.95. The molecule has 0 bridgehead atoms. The van der Waals surface area contributed by atoms with Crippen LogP contribution in [0.4, 0.5) is 0 Å². The van der Waals surface area contributed by atoms with Gasteiger partial charge in [-0.3, -0.25) is 0 Å². The van der Waals surface area contributed by atoms with Gasteiger partial charge in [0.15, 0.2) is 0 Å². The normalized spacial score (nSPS) is 30.2. The molecule has 0 radical (unpaired) electrons. The van der Waals surface area contributed by atoms with Crippen molar-refractivity contribution < 1.29 is 0 Å². The zero-order valence-electron chi connectivity index (χ0n) is 11.1. The molecule has 0 spiro atoms. The van der Waals surface area contributed by atoms with Crippen LogP contribution >= 0.6 is 24.2 Å². The van der Waals surface area contributed by atoms with Gasteiger partial charge in [-0.15, -0.1) is 12.4 Å². The van der Waals surface area contributed by atoms with Crippen molar-refractivity contribution in [2.24, 2.45) is 5.92 Å². The minimum absolute atomic E-state index is 0. The lowest BCUT2D eigenvalue weighted by Gasteiger charge is -2.29. The van der Waals surface area contributed by atoms with Gasteiger partial charge >= 0.3 is 0 Å². The largest absolute Gasteiger partial charge is 0.311 e. The first-order valence-electron chi connectivity index (χ1n) is 7.24. The van der Waals surface area contributed by atoms with E-state index in [-0.39, 0.29) is 12.4 Å². The summed E-state index contributed by atoms with van der Waals surface area (Å²) in [5, 5.41) is 3.96. The Morgan fingerprint density at radius 1 is 1.12 bits per heavy atom. The fourth-order valence-corrected chi connectivity index (χ4v) is 4.34. The molecule has 102 valence electrons. The van der Waals surface area contributed by atoms with Crippen LogP contribution in [0.25, 0.3) is 0 Å². The smallest absolute Gasteiger partial charge is 0.00979 e. The van der Waals surface area contributed by atoms with Crippen molar-refractivity contribution in [3.05, 3.63) is 0 Å². The van der Waals surface area contributed by atoms with E-state index >= 15 is 0 Å². The third-order valence-electron chi connectivity index (χ3n) is 4.26. The molecular formula is C14H28ClNS. The highest BCUT2D eigenvalue weighted by Crippen LogP contribution is 2.31. The number of unbranched alkanes of at least 4 members (excludes halogenated alkanes) is 1. The van der Waals surface area contributed by atoms with Gasteiger partial charge in [-0.1, -0.05) is 26.2 Å². The predicted molar refractivity (Wildman–Crippen MR) is 81.4 cm³/mol. The van der Waals surface area contributed by atoms with E-state index in [1.165, 1.54) is 62.9 Å². The summed E-state index contributed by atoms with van der Waals surface area (Å²) in [4.78, 5) is 0. The lowest BCUT2D eigenvalue weighted by molar-refractivity contribution is 0.324. The van der Waals surface area contributed by atoms with E-state index in [0.717, 1.165) is 18.0 Å². The van der Waals surface area contributed by atoms with Crippen LogP contribution in [0.1, 0.15) is 58.3 Å². The number of halogens is 1. The van der Waals surface area contributed by atoms with Gasteiger partial charge in [0.1, 0.15) is 0 Å². The Labute approximate surface area is 117 Å². The van der Waals surface area contributed by atoms with Gasteiger partial charge in [0.05, 0.1) is 0 Å². The maximum absolute atomic E-state index is 3.96. The van der Waals surface area contributed by atoms with E-state index in [1.54, 1.807) is 0 Å². The number of rotatable bonds is 5. The van der Waals surface area contributed by atoms with Crippen LogP contribution in [-0.4, -0.2) is 23.6 Å². The van der Waals surface area contributed by atoms with Crippen LogP contribution in [0.5, 0.6) is 0 Å². The van der Waals surface area contributed by atoms with E-state index in [4.69, 9.17) is 0 Å². The van der Waals surface area contributed by atoms with Crippen molar-refractivity contribution in [3.63, 3.8) is 0 Å². The van der Waals surface area contributed by atoms with Crippen LogP contribution in [0.2, 0.25) is 0 Å². The summed E-state index contributed by atoms with van der Waals surface area (Å²) in [6.45, 7) is 2.32. The monoisotopic (exact) mass is 277 g/mol. The Kier molecular flexibility index (Phi) is 7.97. The summed E-state index contributed by atoms with van der Waals surface area (Å²) in [7, 11) is 0. The zero-order valence-corrected chi connectivity index (χ0v) is 12.8. The molecule has 1 saturated carbocycles. The van der Waals surface area contributed by atoms with Gasteiger partial charge in [0, 0.05) is 12.1 Å². The van der Waals surface area contributed by atoms with Crippen LogP contribution in [0.15, 0.2) is 0 Å². The Balaban J connectivity index is 0.00000144. The Hall–Kier alpha value is 0.600. The van der Waals surface area contributed by atoms with Crippen molar-refractivity contribution in [1.82, 2.24) is 5.32 Å². The number of hydrogen-bond donors (Lipinski definition) is 1. The van der Waals surface area contributed by atoms with Gasteiger partial charge in [-0.05, 0) is 49.5 Å². The van der Waals surface area contributed by atoms with Crippen molar-refractivity contribution >= 4 is 24.2 Å². The first kappa shape index (κ1) is 15.7. The third-order valence-corrected chi connectivity index (χ3v) is 5.31. The highest BCUT2D eigenvalue weighted by molar-refractivity contribution is 7.99. The summed E-state index contributed by atoms with van der Waals surface area (Å²) in [5.74, 6) is 3.75. The first-order valence-corrected chi connectivity index (χ1v) is 8.39. The topological polar surface area (TPSA) is 12.0 Å². The molecule has 0 aromatic rings. The summed E-state index contributed by atoms with van der Waals surface area (Å²) < 4.78 is 0. The zero-order chi connectivity index (χ0) is 11.2. The van der Waals surface area contributed by atoms with Crippen molar-refractivity contribution in [2.45, 2.75) is 70.4 Å². The molecule has 1 aliphatic heterocycles. The lowest BCUT2D eigenvalue weighted by Crippen LogP contribution is -2.42. The van der Waals surface area contributed by atoms with Gasteiger partial charge < -0.3 is 5.32 Å². The number of hydrogen-bond acceptors (Lipinski definition) is 2. The van der Waals surface area contributed by atoms with Gasteiger partial charge in [0.25, 0.3) is 0 Å². The average molecular weight is 278 g/mol. The molecule has 1 N–H and O–H groups in total. The molecular weight excluding hydrogens is 250 g/mol. The van der Waals surface area contributed by atoms with Gasteiger partial charge in [0.2, 0.25) is 0 Å². The van der Waals surface area contributed by atoms with E-state index in [0.29, 0.717) is 0 Å². The maximum atomic E-state index is 3.96. The molecule has 2 unspecified atom stereocenters. The van der Waals surface area contributed by atoms with Crippen LogP contribution < -0.4 is 5.32 Å². The Bertz CT molecular complexity index is 195. The van der Waals surface area contributed by atoms with Gasteiger partial charge in [-0.25, -0.2) is 0 Å². The molecule has 1 saturated heterocycles. The minimum Gasteiger partial charge on any atom is -0.311 e. The standard InChI is InChI=1S/C14H27NS.ClH/c1-2-3-5-12-6-4-7-14(12)15-13-8-10-16-11-9-13;/h12-15H,2-11H2,1H3;1H. The minimum atomic E-state index is 0. The molecule has 2 aliphatic rings. The summed E-state index contributed by atoms with van der Waals surface area (Å²) in [5.41, 5.74) is 0. The molecule has 1 heterocycles. The molecule has 1 aliphatic carbocycles. The van der Waals surface area contributed by atoms with Crippen LogP contribution in [-0.2, 0) is 0 Å². The summed E-state index contributed by atoms with van der Waals surface area (Å²) >= 11 is 2.13. The fraction of sp³-hybridized carbons (Fsp3) is 1.00. The maximum Gasteiger partial charge on any atom is 0.00979 e. The fourth-order valence-electron chi connectivity index (χ4n) is 3.24. The molecule has 1 nitrogen and oxygen atoms in total. The molecule has 2 fully saturated rings. The van der Waals surface area contributed by atoms with Crippen LogP contribution in [0.3, 0.4) is 0 Å². The molecule has 2 atom stereocenters. The van der Waals surface area contributed by atoms with E-state index < -0.39 is 0 Å². The number of nitrogens with one attached hydrogen (secondary N) is 1. The Morgan fingerprint density at radius 3 is 2.59 bits per heavy atom. The van der Waals surface area contributed by atoms with Crippen molar-refractivity contribution in [2.75, 3.05) is 11.5 Å². The van der Waals surface area contributed by atoms with Crippen molar-refractivity contribution in [1.29, 1.82) is 0 Å². The first-order chi connectivity index (χ1) is 7.90. The average Bonchev–Trinajstić information content (AvgIpc) is 2.75. The van der Waals surface area contributed by atoms with Crippen LogP contribution in [0, 0.1) is 5.92 Å². The molecule has 2 rings (SSSR count). The highest BCUT2D eigenvalue weighted by Gasteiger charge is 2.28.